The third-order valence-electron chi connectivity index (χ3n) is 5.11. The van der Waals surface area contributed by atoms with E-state index in [0.29, 0.717) is 23.6 Å². The topological polar surface area (TPSA) is 78.5 Å². The summed E-state index contributed by atoms with van der Waals surface area (Å²) in [7, 11) is -1.97. The lowest BCUT2D eigenvalue weighted by atomic mass is 10.1. The minimum Gasteiger partial charge on any atom is -0.347 e. The number of carbonyl (C=O) groups is 1. The van der Waals surface area contributed by atoms with E-state index in [1.165, 1.54) is 26.8 Å². The molecule has 6 nitrogen and oxygen atoms in total. The molecule has 1 heterocycles. The van der Waals surface area contributed by atoms with Crippen LogP contribution in [0.3, 0.4) is 0 Å². The summed E-state index contributed by atoms with van der Waals surface area (Å²) in [4.78, 5) is 13.0. The van der Waals surface area contributed by atoms with Crippen LogP contribution < -0.4 is 10.6 Å². The van der Waals surface area contributed by atoms with Gasteiger partial charge in [-0.1, -0.05) is 41.4 Å². The van der Waals surface area contributed by atoms with Crippen LogP contribution in [0.1, 0.15) is 32.8 Å². The van der Waals surface area contributed by atoms with Gasteiger partial charge in [0.2, 0.25) is 0 Å². The molecule has 0 fully saturated rings. The highest BCUT2D eigenvalue weighted by Gasteiger charge is 2.22. The lowest BCUT2D eigenvalue weighted by Gasteiger charge is -2.16. The fourth-order valence-electron chi connectivity index (χ4n) is 3.10. The van der Waals surface area contributed by atoms with Gasteiger partial charge in [-0.15, -0.1) is 11.3 Å². The Morgan fingerprint density at radius 3 is 2.39 bits per heavy atom. The number of nitrogens with zero attached hydrogens (tertiary/aromatic N) is 1. The number of hydrogen-bond donors (Lipinski definition) is 2. The Morgan fingerprint density at radius 1 is 1.00 bits per heavy atom. The SMILES string of the molecule is Cc1ccc(CNCCCN(C)S(=O)(=O)c2ccc(CNC(=O)c3ccc(Cl)cc3)s2)cc1. The average Bonchev–Trinajstić information content (AvgIpc) is 3.29. The molecule has 0 radical (unpaired) electrons. The maximum absolute atomic E-state index is 12.9. The molecule has 2 N–H and O–H groups in total. The van der Waals surface area contributed by atoms with Crippen molar-refractivity contribution >= 4 is 38.9 Å². The first-order chi connectivity index (χ1) is 15.8. The number of rotatable bonds is 11. The minimum atomic E-state index is -3.56. The summed E-state index contributed by atoms with van der Waals surface area (Å²) < 4.78 is 27.4. The molecule has 0 bridgehead atoms. The third-order valence-corrected chi connectivity index (χ3v) is 8.77. The van der Waals surface area contributed by atoms with E-state index in [-0.39, 0.29) is 16.7 Å². The van der Waals surface area contributed by atoms with Crippen molar-refractivity contribution in [3.8, 4) is 0 Å². The fourth-order valence-corrected chi connectivity index (χ4v) is 5.94. The van der Waals surface area contributed by atoms with Crippen molar-refractivity contribution in [1.82, 2.24) is 14.9 Å². The molecule has 1 amide bonds. The van der Waals surface area contributed by atoms with Crippen LogP contribution in [0.2, 0.25) is 5.02 Å². The first-order valence-electron chi connectivity index (χ1n) is 10.6. The van der Waals surface area contributed by atoms with Gasteiger partial charge in [-0.3, -0.25) is 4.79 Å². The second-order valence-electron chi connectivity index (χ2n) is 7.75. The van der Waals surface area contributed by atoms with Crippen LogP contribution in [0.15, 0.2) is 64.9 Å². The molecule has 0 spiro atoms. The summed E-state index contributed by atoms with van der Waals surface area (Å²) in [5, 5.41) is 6.72. The fraction of sp³-hybridized carbons (Fsp3) is 0.292. The van der Waals surface area contributed by atoms with Gasteiger partial charge in [0, 0.05) is 35.6 Å². The molecular weight excluding hydrogens is 478 g/mol. The number of nitrogens with one attached hydrogen (secondary N) is 2. The van der Waals surface area contributed by atoms with E-state index in [0.717, 1.165) is 18.0 Å². The number of sulfonamides is 1. The Morgan fingerprint density at radius 2 is 1.70 bits per heavy atom. The molecule has 0 aliphatic rings. The van der Waals surface area contributed by atoms with Gasteiger partial charge in [-0.2, -0.15) is 0 Å². The summed E-state index contributed by atoms with van der Waals surface area (Å²) in [5.74, 6) is -0.236. The van der Waals surface area contributed by atoms with E-state index < -0.39 is 10.0 Å². The van der Waals surface area contributed by atoms with Crippen molar-refractivity contribution in [3.05, 3.63) is 87.3 Å². The van der Waals surface area contributed by atoms with Crippen molar-refractivity contribution < 1.29 is 13.2 Å². The Bertz CT molecular complexity index is 1160. The quantitative estimate of drug-likeness (QED) is 0.378. The van der Waals surface area contributed by atoms with Crippen LogP contribution in [0.5, 0.6) is 0 Å². The van der Waals surface area contributed by atoms with Gasteiger partial charge in [-0.05, 0) is 61.9 Å². The third kappa shape index (κ3) is 7.38. The summed E-state index contributed by atoms with van der Waals surface area (Å²) in [6.45, 7) is 4.21. The van der Waals surface area contributed by atoms with Crippen molar-refractivity contribution in [2.45, 2.75) is 30.6 Å². The van der Waals surface area contributed by atoms with E-state index in [1.807, 2.05) is 0 Å². The summed E-state index contributed by atoms with van der Waals surface area (Å²) >= 11 is 7.01. The molecule has 33 heavy (non-hydrogen) atoms. The molecule has 0 aliphatic heterocycles. The number of halogens is 1. The molecule has 2 aromatic carbocycles. The first kappa shape index (κ1) is 25.4. The highest BCUT2D eigenvalue weighted by atomic mass is 35.5. The Balaban J connectivity index is 1.44. The Kier molecular flexibility index (Phi) is 9.05. The van der Waals surface area contributed by atoms with Crippen LogP contribution in [0.4, 0.5) is 0 Å². The van der Waals surface area contributed by atoms with E-state index in [2.05, 4.69) is 41.8 Å². The van der Waals surface area contributed by atoms with Crippen molar-refractivity contribution in [3.63, 3.8) is 0 Å². The van der Waals surface area contributed by atoms with E-state index in [4.69, 9.17) is 11.6 Å². The molecule has 0 unspecified atom stereocenters. The zero-order valence-electron chi connectivity index (χ0n) is 18.7. The standard InChI is InChI=1S/C24H28ClN3O3S2/c1-18-4-6-19(7-5-18)16-26-14-3-15-28(2)33(30,31)23-13-12-22(32-23)17-27-24(29)20-8-10-21(25)11-9-20/h4-13,26H,3,14-17H2,1-2H3,(H,27,29). The lowest BCUT2D eigenvalue weighted by molar-refractivity contribution is 0.0951. The van der Waals surface area contributed by atoms with Gasteiger partial charge >= 0.3 is 0 Å². The molecule has 0 saturated carbocycles. The van der Waals surface area contributed by atoms with Gasteiger partial charge < -0.3 is 10.6 Å². The monoisotopic (exact) mass is 505 g/mol. The number of benzene rings is 2. The normalized spacial score (nSPS) is 11.6. The maximum atomic E-state index is 12.9. The smallest absolute Gasteiger partial charge is 0.252 e. The Labute approximate surface area is 204 Å². The van der Waals surface area contributed by atoms with Crippen LogP contribution in [-0.2, 0) is 23.1 Å². The first-order valence-corrected chi connectivity index (χ1v) is 13.2. The number of amides is 1. The number of thiophene rings is 1. The zero-order valence-corrected chi connectivity index (χ0v) is 21.1. The van der Waals surface area contributed by atoms with Crippen molar-refractivity contribution in [2.24, 2.45) is 0 Å². The van der Waals surface area contributed by atoms with Crippen LogP contribution in [0, 0.1) is 6.92 Å². The van der Waals surface area contributed by atoms with Gasteiger partial charge in [0.1, 0.15) is 4.21 Å². The second-order valence-corrected chi connectivity index (χ2v) is 11.6. The summed E-state index contributed by atoms with van der Waals surface area (Å²) in [6.07, 6.45) is 0.705. The molecule has 1 aromatic heterocycles. The van der Waals surface area contributed by atoms with E-state index in [9.17, 15) is 13.2 Å². The van der Waals surface area contributed by atoms with Crippen LogP contribution >= 0.6 is 22.9 Å². The van der Waals surface area contributed by atoms with E-state index >= 15 is 0 Å². The highest BCUT2D eigenvalue weighted by molar-refractivity contribution is 7.91. The molecule has 3 aromatic rings. The van der Waals surface area contributed by atoms with Gasteiger partial charge in [0.05, 0.1) is 6.54 Å². The molecular formula is C24H28ClN3O3S2. The Hall–Kier alpha value is -2.23. The number of carbonyl (C=O) groups excluding carboxylic acids is 1. The van der Waals surface area contributed by atoms with Crippen LogP contribution in [0.25, 0.3) is 0 Å². The summed E-state index contributed by atoms with van der Waals surface area (Å²) in [6, 6.07) is 18.3. The predicted molar refractivity (Wildman–Crippen MR) is 134 cm³/mol. The predicted octanol–water partition coefficient (Wildman–Crippen LogP) is 4.44. The minimum absolute atomic E-state index is 0.236. The van der Waals surface area contributed by atoms with Gasteiger partial charge in [-0.25, -0.2) is 12.7 Å². The van der Waals surface area contributed by atoms with Gasteiger partial charge in [0.15, 0.2) is 0 Å². The number of hydrogen-bond acceptors (Lipinski definition) is 5. The van der Waals surface area contributed by atoms with Crippen molar-refractivity contribution in [1.29, 1.82) is 0 Å². The summed E-state index contributed by atoms with van der Waals surface area (Å²) in [5.41, 5.74) is 2.93. The van der Waals surface area contributed by atoms with Crippen LogP contribution in [-0.4, -0.2) is 38.8 Å². The highest BCUT2D eigenvalue weighted by Crippen LogP contribution is 2.24. The second kappa shape index (κ2) is 11.8. The molecule has 0 aliphatic carbocycles. The van der Waals surface area contributed by atoms with Crippen molar-refractivity contribution in [2.75, 3.05) is 20.1 Å². The molecule has 9 heteroatoms. The zero-order chi connectivity index (χ0) is 23.8. The molecule has 176 valence electrons. The molecule has 0 saturated heterocycles. The maximum Gasteiger partial charge on any atom is 0.252 e. The van der Waals surface area contributed by atoms with Gasteiger partial charge in [0.25, 0.3) is 15.9 Å². The molecule has 0 atom stereocenters. The average molecular weight is 506 g/mol. The lowest BCUT2D eigenvalue weighted by Crippen LogP contribution is -2.29. The van der Waals surface area contributed by atoms with E-state index in [1.54, 1.807) is 43.4 Å². The number of aryl methyl sites for hydroxylation is 1. The molecule has 3 rings (SSSR count). The largest absolute Gasteiger partial charge is 0.347 e.